The number of ether oxygens (including phenoxy) is 1. The molecule has 2 aromatic heterocycles. The van der Waals surface area contributed by atoms with Gasteiger partial charge in [-0.15, -0.1) is 11.3 Å². The van der Waals surface area contributed by atoms with Gasteiger partial charge in [-0.3, -0.25) is 9.69 Å². The van der Waals surface area contributed by atoms with Crippen LogP contribution in [0.1, 0.15) is 12.3 Å². The molecule has 1 N–H and O–H groups in total. The largest absolute Gasteiger partial charge is 0.378 e. The topological polar surface area (TPSA) is 83.7 Å². The molecule has 9 heteroatoms. The van der Waals surface area contributed by atoms with Gasteiger partial charge in [0, 0.05) is 45.2 Å². The highest BCUT2D eigenvalue weighted by Crippen LogP contribution is 2.21. The maximum Gasteiger partial charge on any atom is 0.241 e. The lowest BCUT2D eigenvalue weighted by molar-refractivity contribution is -0.134. The van der Waals surface area contributed by atoms with Crippen LogP contribution in [0.15, 0.2) is 22.0 Å². The number of amides is 1. The van der Waals surface area contributed by atoms with Crippen molar-refractivity contribution in [2.75, 3.05) is 45.9 Å². The maximum atomic E-state index is 12.4. The minimum atomic E-state index is 0.142. The standard InChI is InChI=1S/C17H23N5O3S/c23-16(10-13-12-24-8-3-18-13)22-6-4-21(5-7-22)11-15-19-17(20-25-15)14-2-1-9-26-14/h1-2,9,13,18H,3-8,10-12H2. The molecule has 140 valence electrons. The summed E-state index contributed by atoms with van der Waals surface area (Å²) in [5.41, 5.74) is 0. The van der Waals surface area contributed by atoms with E-state index in [0.717, 1.165) is 44.2 Å². The van der Waals surface area contributed by atoms with E-state index in [1.165, 1.54) is 0 Å². The Hall–Kier alpha value is -1.81. The Bertz CT molecular complexity index is 706. The molecule has 8 nitrogen and oxygen atoms in total. The number of piperazine rings is 1. The van der Waals surface area contributed by atoms with E-state index in [1.54, 1.807) is 11.3 Å². The van der Waals surface area contributed by atoms with Crippen LogP contribution in [-0.2, 0) is 16.1 Å². The van der Waals surface area contributed by atoms with Crippen molar-refractivity contribution in [3.8, 4) is 10.7 Å². The number of carbonyl (C=O) groups excluding carboxylic acids is 1. The first-order chi connectivity index (χ1) is 12.8. The molecule has 2 saturated heterocycles. The minimum Gasteiger partial charge on any atom is -0.378 e. The Balaban J connectivity index is 1.24. The molecule has 0 aromatic carbocycles. The van der Waals surface area contributed by atoms with Crippen molar-refractivity contribution in [2.24, 2.45) is 0 Å². The second kappa shape index (κ2) is 8.26. The molecule has 1 unspecified atom stereocenters. The summed E-state index contributed by atoms with van der Waals surface area (Å²) in [7, 11) is 0. The van der Waals surface area contributed by atoms with E-state index in [1.807, 2.05) is 22.4 Å². The molecular formula is C17H23N5O3S. The summed E-state index contributed by atoms with van der Waals surface area (Å²) in [6.45, 7) is 5.90. The van der Waals surface area contributed by atoms with Gasteiger partial charge in [-0.1, -0.05) is 11.2 Å². The lowest BCUT2D eigenvalue weighted by Gasteiger charge is -2.35. The van der Waals surface area contributed by atoms with Crippen molar-refractivity contribution in [2.45, 2.75) is 19.0 Å². The minimum absolute atomic E-state index is 0.142. The number of thiophene rings is 1. The predicted octanol–water partition coefficient (Wildman–Crippen LogP) is 0.821. The molecule has 2 fully saturated rings. The van der Waals surface area contributed by atoms with Gasteiger partial charge in [-0.25, -0.2) is 0 Å². The van der Waals surface area contributed by atoms with Gasteiger partial charge >= 0.3 is 0 Å². The lowest BCUT2D eigenvalue weighted by Crippen LogP contribution is -2.51. The van der Waals surface area contributed by atoms with Crippen LogP contribution in [0, 0.1) is 0 Å². The zero-order valence-electron chi connectivity index (χ0n) is 14.6. The normalized spacial score (nSPS) is 21.8. The summed E-state index contributed by atoms with van der Waals surface area (Å²) in [4.78, 5) is 22.1. The highest BCUT2D eigenvalue weighted by molar-refractivity contribution is 7.13. The summed E-state index contributed by atoms with van der Waals surface area (Å²) in [5, 5.41) is 9.38. The third-order valence-electron chi connectivity index (χ3n) is 4.71. The zero-order valence-corrected chi connectivity index (χ0v) is 15.4. The quantitative estimate of drug-likeness (QED) is 0.826. The van der Waals surface area contributed by atoms with Crippen molar-refractivity contribution >= 4 is 17.2 Å². The van der Waals surface area contributed by atoms with Gasteiger partial charge in [0.05, 0.1) is 24.6 Å². The van der Waals surface area contributed by atoms with Crippen LogP contribution < -0.4 is 5.32 Å². The highest BCUT2D eigenvalue weighted by atomic mass is 32.1. The smallest absolute Gasteiger partial charge is 0.241 e. The number of rotatable bonds is 5. The van der Waals surface area contributed by atoms with E-state index < -0.39 is 0 Å². The fourth-order valence-corrected chi connectivity index (χ4v) is 3.91. The Kier molecular flexibility index (Phi) is 5.59. The Morgan fingerprint density at radius 2 is 2.23 bits per heavy atom. The first-order valence-electron chi connectivity index (χ1n) is 8.95. The Labute approximate surface area is 156 Å². The summed E-state index contributed by atoms with van der Waals surface area (Å²) in [6.07, 6.45) is 0.508. The van der Waals surface area contributed by atoms with Gasteiger partial charge < -0.3 is 19.5 Å². The van der Waals surface area contributed by atoms with Gasteiger partial charge in [0.1, 0.15) is 0 Å². The average molecular weight is 377 g/mol. The van der Waals surface area contributed by atoms with Crippen molar-refractivity contribution in [3.63, 3.8) is 0 Å². The lowest BCUT2D eigenvalue weighted by atomic mass is 10.1. The van der Waals surface area contributed by atoms with Crippen LogP contribution in [-0.4, -0.2) is 77.8 Å². The molecule has 2 aromatic rings. The molecule has 26 heavy (non-hydrogen) atoms. The second-order valence-corrected chi connectivity index (χ2v) is 7.52. The zero-order chi connectivity index (χ0) is 17.8. The van der Waals surface area contributed by atoms with E-state index in [9.17, 15) is 4.79 Å². The van der Waals surface area contributed by atoms with Crippen LogP contribution in [0.4, 0.5) is 0 Å². The molecule has 4 heterocycles. The summed E-state index contributed by atoms with van der Waals surface area (Å²) < 4.78 is 10.8. The summed E-state index contributed by atoms with van der Waals surface area (Å²) in [5.74, 6) is 1.47. The summed E-state index contributed by atoms with van der Waals surface area (Å²) in [6, 6.07) is 4.10. The SMILES string of the molecule is O=C(CC1COCCN1)N1CCN(Cc2nc(-c3cccs3)no2)CC1. The van der Waals surface area contributed by atoms with E-state index >= 15 is 0 Å². The number of carbonyl (C=O) groups is 1. The Morgan fingerprint density at radius 1 is 1.35 bits per heavy atom. The number of hydrogen-bond donors (Lipinski definition) is 1. The maximum absolute atomic E-state index is 12.4. The highest BCUT2D eigenvalue weighted by Gasteiger charge is 2.25. The van der Waals surface area contributed by atoms with Crippen molar-refractivity contribution in [1.82, 2.24) is 25.3 Å². The predicted molar refractivity (Wildman–Crippen MR) is 96.7 cm³/mol. The fourth-order valence-electron chi connectivity index (χ4n) is 3.26. The van der Waals surface area contributed by atoms with E-state index in [0.29, 0.717) is 31.3 Å². The number of morpholine rings is 1. The van der Waals surface area contributed by atoms with Gasteiger partial charge in [-0.2, -0.15) is 4.98 Å². The molecule has 0 spiro atoms. The monoisotopic (exact) mass is 377 g/mol. The molecule has 0 aliphatic carbocycles. The average Bonchev–Trinajstić information content (AvgIpc) is 3.35. The van der Waals surface area contributed by atoms with Crippen LogP contribution in [0.5, 0.6) is 0 Å². The second-order valence-electron chi connectivity index (χ2n) is 6.58. The van der Waals surface area contributed by atoms with Gasteiger partial charge in [0.2, 0.25) is 17.6 Å². The van der Waals surface area contributed by atoms with Crippen LogP contribution in [0.2, 0.25) is 0 Å². The number of aromatic nitrogens is 2. The molecule has 2 aliphatic rings. The molecule has 2 aliphatic heterocycles. The summed E-state index contributed by atoms with van der Waals surface area (Å²) >= 11 is 1.60. The van der Waals surface area contributed by atoms with Gasteiger partial charge in [0.25, 0.3) is 0 Å². The van der Waals surface area contributed by atoms with Crippen molar-refractivity contribution in [1.29, 1.82) is 0 Å². The molecule has 1 amide bonds. The van der Waals surface area contributed by atoms with Crippen molar-refractivity contribution < 1.29 is 14.1 Å². The molecular weight excluding hydrogens is 354 g/mol. The first-order valence-corrected chi connectivity index (χ1v) is 9.83. The van der Waals surface area contributed by atoms with Crippen LogP contribution in [0.3, 0.4) is 0 Å². The molecule has 0 saturated carbocycles. The van der Waals surface area contributed by atoms with E-state index in [-0.39, 0.29) is 11.9 Å². The molecule has 0 bridgehead atoms. The van der Waals surface area contributed by atoms with Crippen LogP contribution in [0.25, 0.3) is 10.7 Å². The van der Waals surface area contributed by atoms with Crippen molar-refractivity contribution in [3.05, 3.63) is 23.4 Å². The van der Waals surface area contributed by atoms with Gasteiger partial charge in [-0.05, 0) is 11.4 Å². The molecule has 4 rings (SSSR count). The number of nitrogens with zero attached hydrogens (tertiary/aromatic N) is 4. The van der Waals surface area contributed by atoms with E-state index in [4.69, 9.17) is 9.26 Å². The first kappa shape index (κ1) is 17.6. The number of nitrogens with one attached hydrogen (secondary N) is 1. The number of hydrogen-bond acceptors (Lipinski definition) is 8. The fraction of sp³-hybridized carbons (Fsp3) is 0.588. The Morgan fingerprint density at radius 3 is 2.96 bits per heavy atom. The molecule has 1 atom stereocenters. The van der Waals surface area contributed by atoms with Gasteiger partial charge in [0.15, 0.2) is 0 Å². The molecule has 0 radical (unpaired) electrons. The third kappa shape index (κ3) is 4.29. The third-order valence-corrected chi connectivity index (χ3v) is 5.58. The van der Waals surface area contributed by atoms with E-state index in [2.05, 4.69) is 20.4 Å². The van der Waals surface area contributed by atoms with Crippen LogP contribution >= 0.6 is 11.3 Å².